The molecule has 3 aliphatic heterocycles. The Morgan fingerprint density at radius 3 is 1.53 bits per heavy atom. The summed E-state index contributed by atoms with van der Waals surface area (Å²) in [6.07, 6.45) is 0. The lowest BCUT2D eigenvalue weighted by Gasteiger charge is -2.41. The van der Waals surface area contributed by atoms with Crippen molar-refractivity contribution in [1.82, 2.24) is 9.13 Å². The predicted molar refractivity (Wildman–Crippen MR) is 242 cm³/mol. The molecule has 0 saturated carbocycles. The van der Waals surface area contributed by atoms with Crippen LogP contribution in [0.25, 0.3) is 77.2 Å². The first kappa shape index (κ1) is 30.3. The molecule has 0 saturated heterocycles. The van der Waals surface area contributed by atoms with Gasteiger partial charge in [0.1, 0.15) is 11.2 Å². The molecule has 0 atom stereocenters. The van der Waals surface area contributed by atoms with E-state index < -0.39 is 0 Å². The molecule has 4 aromatic heterocycles. The Balaban J connectivity index is 1.14. The Labute approximate surface area is 337 Å². The van der Waals surface area contributed by atoms with Gasteiger partial charge < -0.3 is 27.8 Å². The SMILES string of the molecule is c1ccc(-n2c3ccccc3c3c2c2c4n3-c3cccc5c3B4c3c(cccc3N2c2cccc3c2oc2ccccc23)N5c2cccc3c2oc2ccccc23)cc1. The average molecular weight is 753 g/mol. The van der Waals surface area contributed by atoms with E-state index in [1.165, 1.54) is 55.5 Å². The molecule has 0 unspecified atom stereocenters. The number of anilines is 6. The normalized spacial score (nSPS) is 13.7. The molecule has 3 aliphatic rings. The molecule has 59 heavy (non-hydrogen) atoms. The Morgan fingerprint density at radius 1 is 0.356 bits per heavy atom. The molecule has 272 valence electrons. The lowest BCUT2D eigenvalue weighted by molar-refractivity contribution is 0.669. The zero-order chi connectivity index (χ0) is 38.1. The highest BCUT2D eigenvalue weighted by Gasteiger charge is 2.52. The number of rotatable bonds is 3. The zero-order valence-electron chi connectivity index (χ0n) is 31.4. The fraction of sp³-hybridized carbons (Fsp3) is 0. The van der Waals surface area contributed by atoms with E-state index in [0.717, 1.165) is 72.3 Å². The van der Waals surface area contributed by atoms with Crippen molar-refractivity contribution in [2.75, 3.05) is 9.80 Å². The quantitative estimate of drug-likeness (QED) is 0.169. The number of benzene rings is 8. The summed E-state index contributed by atoms with van der Waals surface area (Å²) in [7, 11) is 0. The molecule has 8 aromatic carbocycles. The minimum Gasteiger partial charge on any atom is -0.454 e. The summed E-state index contributed by atoms with van der Waals surface area (Å²) in [6, 6.07) is 63.3. The van der Waals surface area contributed by atoms with Gasteiger partial charge in [-0.15, -0.1) is 0 Å². The third-order valence-corrected chi connectivity index (χ3v) is 13.2. The van der Waals surface area contributed by atoms with E-state index in [-0.39, 0.29) is 6.71 Å². The van der Waals surface area contributed by atoms with Crippen LogP contribution in [0.15, 0.2) is 185 Å². The molecule has 12 aromatic rings. The van der Waals surface area contributed by atoms with Gasteiger partial charge in [0.15, 0.2) is 11.2 Å². The van der Waals surface area contributed by atoms with Crippen molar-refractivity contribution in [1.29, 1.82) is 0 Å². The largest absolute Gasteiger partial charge is 0.454 e. The number of fused-ring (bicyclic) bond motifs is 12. The van der Waals surface area contributed by atoms with Gasteiger partial charge in [-0.05, 0) is 77.7 Å². The smallest absolute Gasteiger partial charge is 0.276 e. The maximum absolute atomic E-state index is 6.90. The summed E-state index contributed by atoms with van der Waals surface area (Å²) in [5.74, 6) is 0. The molecular formula is C52H29BN4O2. The Morgan fingerprint density at radius 2 is 0.847 bits per heavy atom. The van der Waals surface area contributed by atoms with Gasteiger partial charge in [-0.3, -0.25) is 0 Å². The fourth-order valence-electron chi connectivity index (χ4n) is 11.0. The van der Waals surface area contributed by atoms with Gasteiger partial charge in [-0.2, -0.15) is 0 Å². The lowest BCUT2D eigenvalue weighted by atomic mass is 9.36. The van der Waals surface area contributed by atoms with Crippen LogP contribution >= 0.6 is 0 Å². The first-order valence-electron chi connectivity index (χ1n) is 20.2. The van der Waals surface area contributed by atoms with Gasteiger partial charge in [0.25, 0.3) is 6.71 Å². The van der Waals surface area contributed by atoms with Gasteiger partial charge >= 0.3 is 0 Å². The van der Waals surface area contributed by atoms with Crippen LogP contribution in [0.3, 0.4) is 0 Å². The molecule has 0 radical (unpaired) electrons. The number of hydrogen-bond acceptors (Lipinski definition) is 4. The Bertz CT molecular complexity index is 3830. The van der Waals surface area contributed by atoms with Gasteiger partial charge in [0, 0.05) is 61.0 Å². The van der Waals surface area contributed by atoms with Crippen LogP contribution in [0.4, 0.5) is 34.1 Å². The minimum atomic E-state index is -0.00459. The molecule has 0 amide bonds. The van der Waals surface area contributed by atoms with Gasteiger partial charge in [-0.1, -0.05) is 109 Å². The molecule has 0 bridgehead atoms. The van der Waals surface area contributed by atoms with Crippen LogP contribution in [0.1, 0.15) is 0 Å². The number of aromatic nitrogens is 2. The van der Waals surface area contributed by atoms with Crippen LogP contribution in [0.2, 0.25) is 0 Å². The topological polar surface area (TPSA) is 42.6 Å². The van der Waals surface area contributed by atoms with Crippen molar-refractivity contribution in [3.8, 4) is 11.4 Å². The van der Waals surface area contributed by atoms with Crippen LogP contribution in [0, 0.1) is 0 Å². The lowest BCUT2D eigenvalue weighted by Crippen LogP contribution is -2.59. The van der Waals surface area contributed by atoms with E-state index in [0.29, 0.717) is 0 Å². The van der Waals surface area contributed by atoms with Crippen molar-refractivity contribution in [2.45, 2.75) is 0 Å². The summed E-state index contributed by atoms with van der Waals surface area (Å²) < 4.78 is 18.7. The molecule has 6 nitrogen and oxygen atoms in total. The van der Waals surface area contributed by atoms with E-state index >= 15 is 0 Å². The highest BCUT2D eigenvalue weighted by molar-refractivity contribution is 7.02. The standard InChI is InChI=1S/C52H29BN4O2/c1-2-14-30(15-3-1)54-36-21-7-4-18-35(36)47-48(54)49-52-53-45-37(22-12-24-39(45)56(49)42-27-11-20-34-32-17-6-9-29-44(32)59-51(34)42)55(38-23-13-25-40(46(38)53)57(47)52)41-26-10-19-33-31-16-5-8-28-43(31)58-50(33)41/h1-29H. The number of nitrogens with zero attached hydrogens (tertiary/aromatic N) is 4. The van der Waals surface area contributed by atoms with Crippen LogP contribution < -0.4 is 26.3 Å². The molecule has 0 fully saturated rings. The molecule has 7 heterocycles. The van der Waals surface area contributed by atoms with Gasteiger partial charge in [0.05, 0.1) is 33.6 Å². The van der Waals surface area contributed by atoms with Crippen LogP contribution in [-0.2, 0) is 0 Å². The van der Waals surface area contributed by atoms with E-state index in [9.17, 15) is 0 Å². The summed E-state index contributed by atoms with van der Waals surface area (Å²) >= 11 is 0. The summed E-state index contributed by atoms with van der Waals surface area (Å²) in [5, 5.41) is 5.66. The predicted octanol–water partition coefficient (Wildman–Crippen LogP) is 11.8. The van der Waals surface area contributed by atoms with E-state index in [1.807, 2.05) is 6.07 Å². The van der Waals surface area contributed by atoms with E-state index in [4.69, 9.17) is 8.83 Å². The van der Waals surface area contributed by atoms with E-state index in [2.05, 4.69) is 189 Å². The third kappa shape index (κ3) is 3.54. The third-order valence-electron chi connectivity index (χ3n) is 13.2. The first-order chi connectivity index (χ1) is 29.3. The highest BCUT2D eigenvalue weighted by Crippen LogP contribution is 2.53. The maximum Gasteiger partial charge on any atom is 0.276 e. The highest BCUT2D eigenvalue weighted by atomic mass is 16.3. The second-order valence-electron chi connectivity index (χ2n) is 16.0. The van der Waals surface area contributed by atoms with Crippen molar-refractivity contribution < 1.29 is 8.83 Å². The number of hydrogen-bond donors (Lipinski definition) is 0. The fourth-order valence-corrected chi connectivity index (χ4v) is 11.0. The molecule has 0 spiro atoms. The second-order valence-corrected chi connectivity index (χ2v) is 16.0. The molecule has 15 rings (SSSR count). The maximum atomic E-state index is 6.90. The number of para-hydroxylation sites is 6. The van der Waals surface area contributed by atoms with Crippen molar-refractivity contribution >= 4 is 123 Å². The van der Waals surface area contributed by atoms with Crippen LogP contribution in [-0.4, -0.2) is 15.8 Å². The van der Waals surface area contributed by atoms with Crippen molar-refractivity contribution in [3.63, 3.8) is 0 Å². The number of furan rings is 2. The monoisotopic (exact) mass is 752 g/mol. The summed E-state index contributed by atoms with van der Waals surface area (Å²) in [4.78, 5) is 4.98. The van der Waals surface area contributed by atoms with Gasteiger partial charge in [-0.25, -0.2) is 0 Å². The Kier molecular flexibility index (Phi) is 5.40. The van der Waals surface area contributed by atoms with Crippen LogP contribution in [0.5, 0.6) is 0 Å². The zero-order valence-corrected chi connectivity index (χ0v) is 31.4. The molecule has 0 aliphatic carbocycles. The summed E-state index contributed by atoms with van der Waals surface area (Å²) in [6.45, 7) is -0.00459. The molecular weight excluding hydrogens is 723 g/mol. The first-order valence-corrected chi connectivity index (χ1v) is 20.2. The second kappa shape index (κ2) is 10.5. The van der Waals surface area contributed by atoms with Gasteiger partial charge in [0.2, 0.25) is 0 Å². The average Bonchev–Trinajstić information content (AvgIpc) is 4.10. The molecule has 0 N–H and O–H groups in total. The molecule has 7 heteroatoms. The van der Waals surface area contributed by atoms with E-state index in [1.54, 1.807) is 0 Å². The van der Waals surface area contributed by atoms with Crippen molar-refractivity contribution in [3.05, 3.63) is 176 Å². The van der Waals surface area contributed by atoms with Crippen molar-refractivity contribution in [2.24, 2.45) is 0 Å². The minimum absolute atomic E-state index is 0.00459. The summed E-state index contributed by atoms with van der Waals surface area (Å²) in [5.41, 5.74) is 20.0. The Hall–Kier alpha value is -7.90.